The molecule has 2 amide bonds. The van der Waals surface area contributed by atoms with E-state index in [0.29, 0.717) is 6.04 Å². The number of hydrogen-bond acceptors (Lipinski definition) is 2. The number of anilines is 1. The number of carbonyl (C=O) groups is 1. The molecule has 0 saturated carbocycles. The van der Waals surface area contributed by atoms with E-state index in [-0.39, 0.29) is 6.03 Å². The van der Waals surface area contributed by atoms with Crippen LogP contribution in [-0.2, 0) is 0 Å². The van der Waals surface area contributed by atoms with Crippen molar-refractivity contribution in [2.45, 2.75) is 19.4 Å². The number of urea groups is 1. The highest BCUT2D eigenvalue weighted by atomic mass is 16.2. The normalized spacial score (nSPS) is 24.1. The third kappa shape index (κ3) is 1.97. The van der Waals surface area contributed by atoms with E-state index in [1.807, 2.05) is 21.9 Å². The lowest BCUT2D eigenvalue weighted by Gasteiger charge is -2.44. The molecule has 1 atom stereocenters. The minimum absolute atomic E-state index is 0.164. The first-order valence-electron chi connectivity index (χ1n) is 6.61. The fourth-order valence-corrected chi connectivity index (χ4v) is 2.76. The van der Waals surface area contributed by atoms with Gasteiger partial charge in [0.1, 0.15) is 0 Å². The van der Waals surface area contributed by atoms with Crippen molar-refractivity contribution in [3.05, 3.63) is 29.8 Å². The summed E-state index contributed by atoms with van der Waals surface area (Å²) >= 11 is 0. The fraction of sp³-hybridized carbons (Fsp3) is 0.500. The van der Waals surface area contributed by atoms with Gasteiger partial charge in [-0.3, -0.25) is 4.90 Å². The molecule has 1 aromatic rings. The molecule has 2 heterocycles. The molecule has 0 spiro atoms. The number of nitrogens with one attached hydrogen (secondary N) is 1. The summed E-state index contributed by atoms with van der Waals surface area (Å²) in [6, 6.07) is 8.74. The fourth-order valence-electron chi connectivity index (χ4n) is 2.76. The minimum Gasteiger partial charge on any atom is -0.319 e. The van der Waals surface area contributed by atoms with Crippen molar-refractivity contribution in [1.29, 1.82) is 0 Å². The molecule has 0 bridgehead atoms. The van der Waals surface area contributed by atoms with E-state index >= 15 is 0 Å². The summed E-state index contributed by atoms with van der Waals surface area (Å²) < 4.78 is 0. The standard InChI is InChI=1S/C14H19N3O/c1-11-2-4-12(5-3-11)16-8-6-13-10-15-7-9-17(13)14(16)18/h2-5,13,15H,6-10H2,1H3. The zero-order valence-electron chi connectivity index (χ0n) is 10.7. The van der Waals surface area contributed by atoms with Gasteiger partial charge in [-0.2, -0.15) is 0 Å². The van der Waals surface area contributed by atoms with Gasteiger partial charge in [-0.15, -0.1) is 0 Å². The molecule has 2 aliphatic rings. The third-order valence-corrected chi connectivity index (χ3v) is 3.86. The number of piperazine rings is 1. The van der Waals surface area contributed by atoms with Crippen molar-refractivity contribution in [3.63, 3.8) is 0 Å². The second-order valence-electron chi connectivity index (χ2n) is 5.11. The molecule has 0 radical (unpaired) electrons. The monoisotopic (exact) mass is 245 g/mol. The lowest BCUT2D eigenvalue weighted by Crippen LogP contribution is -2.61. The zero-order valence-corrected chi connectivity index (χ0v) is 10.7. The van der Waals surface area contributed by atoms with Gasteiger partial charge in [0.15, 0.2) is 0 Å². The first kappa shape index (κ1) is 11.5. The highest BCUT2D eigenvalue weighted by Crippen LogP contribution is 2.24. The van der Waals surface area contributed by atoms with Crippen LogP contribution in [0.15, 0.2) is 24.3 Å². The number of benzene rings is 1. The molecule has 2 aliphatic heterocycles. The average molecular weight is 245 g/mol. The Labute approximate surface area is 108 Å². The third-order valence-electron chi connectivity index (χ3n) is 3.86. The van der Waals surface area contributed by atoms with Gasteiger partial charge in [-0.25, -0.2) is 4.79 Å². The first-order valence-corrected chi connectivity index (χ1v) is 6.61. The smallest absolute Gasteiger partial charge is 0.319 e. The Morgan fingerprint density at radius 2 is 2.00 bits per heavy atom. The van der Waals surface area contributed by atoms with Gasteiger partial charge in [-0.05, 0) is 25.5 Å². The Balaban J connectivity index is 1.81. The van der Waals surface area contributed by atoms with Gasteiger partial charge in [0.25, 0.3) is 0 Å². The van der Waals surface area contributed by atoms with Crippen molar-refractivity contribution >= 4 is 11.7 Å². The van der Waals surface area contributed by atoms with Crippen LogP contribution in [0.1, 0.15) is 12.0 Å². The first-order chi connectivity index (χ1) is 8.75. The number of amides is 2. The summed E-state index contributed by atoms with van der Waals surface area (Å²) in [5.41, 5.74) is 2.24. The van der Waals surface area contributed by atoms with Gasteiger partial charge >= 0.3 is 6.03 Å². The summed E-state index contributed by atoms with van der Waals surface area (Å²) in [6.07, 6.45) is 1.05. The Hall–Kier alpha value is -1.55. The number of carbonyl (C=O) groups excluding carboxylic acids is 1. The van der Waals surface area contributed by atoms with E-state index in [2.05, 4.69) is 24.4 Å². The van der Waals surface area contributed by atoms with Crippen LogP contribution in [-0.4, -0.2) is 43.2 Å². The molecule has 3 rings (SSSR count). The molecule has 18 heavy (non-hydrogen) atoms. The predicted octanol–water partition coefficient (Wildman–Crippen LogP) is 1.60. The van der Waals surface area contributed by atoms with E-state index in [0.717, 1.165) is 38.3 Å². The van der Waals surface area contributed by atoms with Crippen molar-refractivity contribution in [2.24, 2.45) is 0 Å². The molecular formula is C14H19N3O. The molecule has 2 saturated heterocycles. The quantitative estimate of drug-likeness (QED) is 0.815. The zero-order chi connectivity index (χ0) is 12.5. The molecule has 4 nitrogen and oxygen atoms in total. The van der Waals surface area contributed by atoms with E-state index < -0.39 is 0 Å². The van der Waals surface area contributed by atoms with Gasteiger partial charge < -0.3 is 10.2 Å². The molecule has 2 fully saturated rings. The van der Waals surface area contributed by atoms with Crippen molar-refractivity contribution in [3.8, 4) is 0 Å². The molecule has 1 unspecified atom stereocenters. The molecule has 4 heteroatoms. The van der Waals surface area contributed by atoms with E-state index in [1.165, 1.54) is 5.56 Å². The van der Waals surface area contributed by atoms with Crippen LogP contribution in [0, 0.1) is 6.92 Å². The molecular weight excluding hydrogens is 226 g/mol. The largest absolute Gasteiger partial charge is 0.324 e. The Bertz CT molecular complexity index is 443. The van der Waals surface area contributed by atoms with Crippen LogP contribution in [0.5, 0.6) is 0 Å². The van der Waals surface area contributed by atoms with E-state index in [9.17, 15) is 4.79 Å². The number of nitrogens with zero attached hydrogens (tertiary/aromatic N) is 2. The summed E-state index contributed by atoms with van der Waals surface area (Å²) in [5.74, 6) is 0. The maximum Gasteiger partial charge on any atom is 0.324 e. The SMILES string of the molecule is Cc1ccc(N2CCC3CNCCN3C2=O)cc1. The highest BCUT2D eigenvalue weighted by molar-refractivity contribution is 5.93. The molecule has 0 aliphatic carbocycles. The van der Waals surface area contributed by atoms with Crippen LogP contribution in [0.3, 0.4) is 0 Å². The van der Waals surface area contributed by atoms with Crippen LogP contribution >= 0.6 is 0 Å². The minimum atomic E-state index is 0.164. The number of aryl methyl sites for hydroxylation is 1. The van der Waals surface area contributed by atoms with Gasteiger partial charge in [0.05, 0.1) is 0 Å². The maximum absolute atomic E-state index is 12.5. The van der Waals surface area contributed by atoms with Gasteiger partial charge in [0.2, 0.25) is 0 Å². The maximum atomic E-state index is 12.5. The predicted molar refractivity (Wildman–Crippen MR) is 71.9 cm³/mol. The Morgan fingerprint density at radius 1 is 1.22 bits per heavy atom. The lowest BCUT2D eigenvalue weighted by atomic mass is 10.1. The van der Waals surface area contributed by atoms with Crippen LogP contribution in [0.4, 0.5) is 10.5 Å². The topological polar surface area (TPSA) is 35.6 Å². The number of hydrogen-bond donors (Lipinski definition) is 1. The van der Waals surface area contributed by atoms with Crippen molar-refractivity contribution in [1.82, 2.24) is 10.2 Å². The van der Waals surface area contributed by atoms with E-state index in [4.69, 9.17) is 0 Å². The summed E-state index contributed by atoms with van der Waals surface area (Å²) in [4.78, 5) is 16.4. The van der Waals surface area contributed by atoms with Crippen LogP contribution < -0.4 is 10.2 Å². The van der Waals surface area contributed by atoms with Crippen molar-refractivity contribution < 1.29 is 4.79 Å². The molecule has 96 valence electrons. The Morgan fingerprint density at radius 3 is 2.78 bits per heavy atom. The summed E-state index contributed by atoms with van der Waals surface area (Å²) in [6.45, 7) is 5.56. The summed E-state index contributed by atoms with van der Waals surface area (Å²) in [5, 5.41) is 3.35. The highest BCUT2D eigenvalue weighted by Gasteiger charge is 2.35. The number of rotatable bonds is 1. The summed E-state index contributed by atoms with van der Waals surface area (Å²) in [7, 11) is 0. The second-order valence-corrected chi connectivity index (χ2v) is 5.11. The van der Waals surface area contributed by atoms with E-state index in [1.54, 1.807) is 0 Å². The Kier molecular flexibility index (Phi) is 2.96. The molecule has 1 aromatic carbocycles. The van der Waals surface area contributed by atoms with Crippen LogP contribution in [0.25, 0.3) is 0 Å². The molecule has 0 aromatic heterocycles. The van der Waals surface area contributed by atoms with Crippen LogP contribution in [0.2, 0.25) is 0 Å². The number of fused-ring (bicyclic) bond motifs is 1. The van der Waals surface area contributed by atoms with Gasteiger partial charge in [0, 0.05) is 37.9 Å². The average Bonchev–Trinajstić information content (AvgIpc) is 2.41. The van der Waals surface area contributed by atoms with Gasteiger partial charge in [-0.1, -0.05) is 17.7 Å². The second kappa shape index (κ2) is 4.61. The van der Waals surface area contributed by atoms with Crippen molar-refractivity contribution in [2.75, 3.05) is 31.1 Å². The molecule has 1 N–H and O–H groups in total. The lowest BCUT2D eigenvalue weighted by molar-refractivity contribution is 0.147.